The standard InChI is InChI=1S/C16H22N2O3S/c1-22(20,21)13-6-4-10-18(11-13)15-9-8-12-5-2-3-7-14(12)17-16(15)19/h2-3,5,7,13,15H,4,6,8-11H2,1H3,(H,17,19). The lowest BCUT2D eigenvalue weighted by Gasteiger charge is -2.36. The molecule has 2 aliphatic rings. The van der Waals surface area contributed by atoms with Crippen LogP contribution in [-0.2, 0) is 21.1 Å². The number of aryl methyl sites for hydroxylation is 1. The van der Waals surface area contributed by atoms with E-state index in [9.17, 15) is 13.2 Å². The molecular formula is C16H22N2O3S. The van der Waals surface area contributed by atoms with Crippen LogP contribution in [0.15, 0.2) is 24.3 Å². The minimum atomic E-state index is -3.05. The number of hydrogen-bond donors (Lipinski definition) is 1. The van der Waals surface area contributed by atoms with Gasteiger partial charge in [0, 0.05) is 18.5 Å². The molecule has 0 aliphatic carbocycles. The van der Waals surface area contributed by atoms with Crippen LogP contribution in [0.4, 0.5) is 5.69 Å². The van der Waals surface area contributed by atoms with E-state index in [0.29, 0.717) is 13.0 Å². The molecule has 0 bridgehead atoms. The predicted molar refractivity (Wildman–Crippen MR) is 86.6 cm³/mol. The monoisotopic (exact) mass is 322 g/mol. The largest absolute Gasteiger partial charge is 0.324 e. The Kier molecular flexibility index (Phi) is 4.23. The van der Waals surface area contributed by atoms with Crippen LogP contribution in [0.3, 0.4) is 0 Å². The zero-order valence-corrected chi connectivity index (χ0v) is 13.6. The first kappa shape index (κ1) is 15.5. The Labute approximate surface area is 131 Å². The molecule has 1 aromatic rings. The summed E-state index contributed by atoms with van der Waals surface area (Å²) in [6, 6.07) is 7.61. The molecule has 2 heterocycles. The molecule has 2 unspecified atom stereocenters. The van der Waals surface area contributed by atoms with Gasteiger partial charge in [-0.05, 0) is 43.9 Å². The fraction of sp³-hybridized carbons (Fsp3) is 0.562. The zero-order valence-electron chi connectivity index (χ0n) is 12.8. The van der Waals surface area contributed by atoms with Gasteiger partial charge < -0.3 is 5.32 Å². The Hall–Kier alpha value is -1.40. The number of para-hydroxylation sites is 1. The highest BCUT2D eigenvalue weighted by Gasteiger charge is 2.35. The molecule has 0 saturated carbocycles. The zero-order chi connectivity index (χ0) is 15.7. The van der Waals surface area contributed by atoms with Crippen molar-refractivity contribution < 1.29 is 13.2 Å². The van der Waals surface area contributed by atoms with Crippen LogP contribution in [0.25, 0.3) is 0 Å². The van der Waals surface area contributed by atoms with Crippen LogP contribution in [0, 0.1) is 0 Å². The Balaban J connectivity index is 1.77. The maximum atomic E-state index is 12.5. The van der Waals surface area contributed by atoms with Gasteiger partial charge in [-0.25, -0.2) is 8.42 Å². The second-order valence-electron chi connectivity index (χ2n) is 6.29. The van der Waals surface area contributed by atoms with Gasteiger partial charge in [-0.2, -0.15) is 0 Å². The molecule has 1 aromatic carbocycles. The van der Waals surface area contributed by atoms with E-state index in [-0.39, 0.29) is 17.2 Å². The molecule has 1 amide bonds. The van der Waals surface area contributed by atoms with Gasteiger partial charge in [0.25, 0.3) is 0 Å². The number of fused-ring (bicyclic) bond motifs is 1. The number of anilines is 1. The second kappa shape index (κ2) is 6.01. The number of benzene rings is 1. The Bertz CT molecular complexity index is 672. The third kappa shape index (κ3) is 3.17. The number of nitrogens with one attached hydrogen (secondary N) is 1. The molecule has 120 valence electrons. The van der Waals surface area contributed by atoms with E-state index >= 15 is 0 Å². The van der Waals surface area contributed by atoms with Crippen LogP contribution in [0.2, 0.25) is 0 Å². The molecule has 3 rings (SSSR count). The maximum absolute atomic E-state index is 12.5. The molecule has 5 nitrogen and oxygen atoms in total. The lowest BCUT2D eigenvalue weighted by atomic mass is 10.0. The number of piperidine rings is 1. The quantitative estimate of drug-likeness (QED) is 0.895. The van der Waals surface area contributed by atoms with Crippen LogP contribution < -0.4 is 5.32 Å². The van der Waals surface area contributed by atoms with Crippen LogP contribution in [0.5, 0.6) is 0 Å². The maximum Gasteiger partial charge on any atom is 0.241 e. The summed E-state index contributed by atoms with van der Waals surface area (Å²) in [4.78, 5) is 14.6. The normalized spacial score (nSPS) is 26.9. The SMILES string of the molecule is CS(=O)(=O)C1CCCN(C2CCc3ccccc3NC2=O)C1. The molecular weight excluding hydrogens is 300 g/mol. The molecule has 1 fully saturated rings. The fourth-order valence-corrected chi connectivity index (χ4v) is 4.50. The minimum Gasteiger partial charge on any atom is -0.324 e. The highest BCUT2D eigenvalue weighted by Crippen LogP contribution is 2.26. The molecule has 6 heteroatoms. The van der Waals surface area contributed by atoms with Gasteiger partial charge in [0.1, 0.15) is 0 Å². The summed E-state index contributed by atoms with van der Waals surface area (Å²) in [6.45, 7) is 1.26. The highest BCUT2D eigenvalue weighted by atomic mass is 32.2. The molecule has 2 aliphatic heterocycles. The second-order valence-corrected chi connectivity index (χ2v) is 8.62. The van der Waals surface area contributed by atoms with Gasteiger partial charge in [-0.3, -0.25) is 9.69 Å². The van der Waals surface area contributed by atoms with Crippen molar-refractivity contribution in [3.63, 3.8) is 0 Å². The number of amides is 1. The molecule has 0 aromatic heterocycles. The summed E-state index contributed by atoms with van der Waals surface area (Å²) in [5, 5.41) is 2.65. The highest BCUT2D eigenvalue weighted by molar-refractivity contribution is 7.91. The summed E-state index contributed by atoms with van der Waals surface area (Å²) in [7, 11) is -3.05. The first-order valence-electron chi connectivity index (χ1n) is 7.77. The molecule has 1 saturated heterocycles. The Morgan fingerprint density at radius 2 is 2.00 bits per heavy atom. The van der Waals surface area contributed by atoms with Crippen LogP contribution >= 0.6 is 0 Å². The first-order chi connectivity index (χ1) is 10.4. The van der Waals surface area contributed by atoms with E-state index in [1.807, 2.05) is 24.3 Å². The number of hydrogen-bond acceptors (Lipinski definition) is 4. The van der Waals surface area contributed by atoms with E-state index in [2.05, 4.69) is 10.2 Å². The van der Waals surface area contributed by atoms with Crippen molar-refractivity contribution in [2.45, 2.75) is 37.0 Å². The fourth-order valence-electron chi connectivity index (χ4n) is 3.45. The van der Waals surface area contributed by atoms with E-state index in [1.54, 1.807) is 0 Å². The summed E-state index contributed by atoms with van der Waals surface area (Å²) >= 11 is 0. The summed E-state index contributed by atoms with van der Waals surface area (Å²) in [6.07, 6.45) is 4.39. The van der Waals surface area contributed by atoms with Crippen molar-refractivity contribution in [2.24, 2.45) is 0 Å². The molecule has 0 radical (unpaired) electrons. The molecule has 2 atom stereocenters. The van der Waals surface area contributed by atoms with Crippen molar-refractivity contribution in [2.75, 3.05) is 24.7 Å². The van der Waals surface area contributed by atoms with Crippen LogP contribution in [-0.4, -0.2) is 49.9 Å². The van der Waals surface area contributed by atoms with Crippen molar-refractivity contribution >= 4 is 21.4 Å². The molecule has 0 spiro atoms. The van der Waals surface area contributed by atoms with Crippen molar-refractivity contribution in [3.8, 4) is 0 Å². The smallest absolute Gasteiger partial charge is 0.241 e. The number of rotatable bonds is 2. The van der Waals surface area contributed by atoms with Crippen LogP contribution in [0.1, 0.15) is 24.8 Å². The minimum absolute atomic E-state index is 0.0147. The van der Waals surface area contributed by atoms with E-state index in [4.69, 9.17) is 0 Å². The van der Waals surface area contributed by atoms with Gasteiger partial charge in [0.2, 0.25) is 5.91 Å². The van der Waals surface area contributed by atoms with Gasteiger partial charge in [0.05, 0.1) is 11.3 Å². The van der Waals surface area contributed by atoms with Gasteiger partial charge in [0.15, 0.2) is 9.84 Å². The molecule has 1 N–H and O–H groups in total. The number of nitrogens with zero attached hydrogens (tertiary/aromatic N) is 1. The average molecular weight is 322 g/mol. The van der Waals surface area contributed by atoms with Gasteiger partial charge in [-0.15, -0.1) is 0 Å². The van der Waals surface area contributed by atoms with Crippen molar-refractivity contribution in [3.05, 3.63) is 29.8 Å². The summed E-state index contributed by atoms with van der Waals surface area (Å²) < 4.78 is 23.6. The number of carbonyl (C=O) groups excluding carboxylic acids is 1. The van der Waals surface area contributed by atoms with Gasteiger partial charge in [-0.1, -0.05) is 18.2 Å². The summed E-state index contributed by atoms with van der Waals surface area (Å²) in [5.41, 5.74) is 2.03. The predicted octanol–water partition coefficient (Wildman–Crippen LogP) is 1.45. The number of sulfone groups is 1. The lowest BCUT2D eigenvalue weighted by Crippen LogP contribution is -2.51. The Morgan fingerprint density at radius 1 is 1.23 bits per heavy atom. The number of carbonyl (C=O) groups is 1. The molecule has 22 heavy (non-hydrogen) atoms. The lowest BCUT2D eigenvalue weighted by molar-refractivity contribution is -0.121. The van der Waals surface area contributed by atoms with Crippen molar-refractivity contribution in [1.29, 1.82) is 0 Å². The Morgan fingerprint density at radius 3 is 2.77 bits per heavy atom. The average Bonchev–Trinajstić information content (AvgIpc) is 2.65. The van der Waals surface area contributed by atoms with E-state index in [0.717, 1.165) is 37.1 Å². The number of likely N-dealkylation sites (tertiary alicyclic amines) is 1. The first-order valence-corrected chi connectivity index (χ1v) is 9.72. The van der Waals surface area contributed by atoms with E-state index in [1.165, 1.54) is 6.26 Å². The third-order valence-electron chi connectivity index (χ3n) is 4.72. The summed E-state index contributed by atoms with van der Waals surface area (Å²) in [5.74, 6) is -0.0147. The van der Waals surface area contributed by atoms with E-state index < -0.39 is 9.84 Å². The third-order valence-corrected chi connectivity index (χ3v) is 6.32. The van der Waals surface area contributed by atoms with Gasteiger partial charge >= 0.3 is 0 Å². The van der Waals surface area contributed by atoms with Crippen molar-refractivity contribution in [1.82, 2.24) is 4.90 Å². The topological polar surface area (TPSA) is 66.5 Å².